The highest BCUT2D eigenvalue weighted by atomic mass is 16.3. The minimum Gasteiger partial charge on any atom is -0.508 e. The number of amides is 10. The van der Waals surface area contributed by atoms with E-state index in [4.69, 9.17) is 39.2 Å². The van der Waals surface area contributed by atoms with Crippen LogP contribution in [0.4, 0.5) is 0 Å². The van der Waals surface area contributed by atoms with Crippen molar-refractivity contribution in [1.29, 1.82) is 16.2 Å². The summed E-state index contributed by atoms with van der Waals surface area (Å²) in [5.41, 5.74) is 23.0. The molecule has 508 valence electrons. The first-order valence-corrected chi connectivity index (χ1v) is 30.5. The second-order valence-corrected chi connectivity index (χ2v) is 23.4. The van der Waals surface area contributed by atoms with E-state index in [1.54, 1.807) is 67.5 Å². The van der Waals surface area contributed by atoms with E-state index in [2.05, 4.69) is 73.8 Å². The summed E-state index contributed by atoms with van der Waals surface area (Å²) in [5.74, 6) is -10.8. The van der Waals surface area contributed by atoms with Crippen molar-refractivity contribution in [2.75, 3.05) is 26.2 Å². The number of aliphatic hydroxyl groups is 1. The van der Waals surface area contributed by atoms with Crippen LogP contribution in [0.25, 0.3) is 0 Å². The number of primary amides is 1. The van der Waals surface area contributed by atoms with E-state index < -0.39 is 126 Å². The molecule has 1 heterocycles. The Kier molecular flexibility index (Phi) is 34.5. The van der Waals surface area contributed by atoms with Crippen LogP contribution in [0.1, 0.15) is 124 Å². The lowest BCUT2D eigenvalue weighted by Crippen LogP contribution is -2.61. The van der Waals surface area contributed by atoms with E-state index in [9.17, 15) is 58.2 Å². The number of phenolic OH excluding ortho intramolecular Hbond substituents is 1. The number of carbonyl (C=O) groups excluding carboxylic acids is 10. The molecule has 0 aliphatic rings. The van der Waals surface area contributed by atoms with Crippen LogP contribution < -0.4 is 86.7 Å². The van der Waals surface area contributed by atoms with Crippen LogP contribution in [0.3, 0.4) is 0 Å². The van der Waals surface area contributed by atoms with E-state index in [-0.39, 0.29) is 131 Å². The zero-order chi connectivity index (χ0) is 68.5. The first-order chi connectivity index (χ1) is 42.8. The lowest BCUT2D eigenvalue weighted by atomic mass is 9.98. The summed E-state index contributed by atoms with van der Waals surface area (Å²) in [6.45, 7) is 13.1. The number of benzene rings is 1. The lowest BCUT2D eigenvalue weighted by molar-refractivity contribution is -0.136. The number of nitrogens with zero attached hydrogens (tertiary/aromatic N) is 1. The van der Waals surface area contributed by atoms with Gasteiger partial charge >= 0.3 is 0 Å². The summed E-state index contributed by atoms with van der Waals surface area (Å²) in [6.07, 6.45) is 2.93. The Morgan fingerprint density at radius 3 is 1.20 bits per heavy atom. The molecule has 0 aliphatic carbocycles. The van der Waals surface area contributed by atoms with Gasteiger partial charge in [-0.3, -0.25) is 64.2 Å². The maximum atomic E-state index is 14.7. The molecule has 0 aliphatic heterocycles. The fourth-order valence-corrected chi connectivity index (χ4v) is 9.12. The summed E-state index contributed by atoms with van der Waals surface area (Å²) in [5, 5.41) is 74.7. The average Bonchev–Trinajstić information content (AvgIpc) is 3.15. The Labute approximate surface area is 530 Å². The van der Waals surface area contributed by atoms with Gasteiger partial charge in [-0.25, -0.2) is 4.98 Å². The summed E-state index contributed by atoms with van der Waals surface area (Å²) >= 11 is 0. The maximum Gasteiger partial charge on any atom is 0.245 e. The molecule has 0 bridgehead atoms. The molecule has 0 fully saturated rings. The van der Waals surface area contributed by atoms with E-state index >= 15 is 0 Å². The van der Waals surface area contributed by atoms with Crippen molar-refractivity contribution < 1.29 is 58.2 Å². The SMILES string of the molecule is CC[C@H](C)[C@H](NC(=O)[C@H](CO)NC(=O)[C@H](CC(C)C)NC(=O)[C@H](CC(C)C)NC(=O)[C@H](CCCNC(=N)N)NC(=O)[C@H](CCCNC(=N)N)NC(=O)[C@H](Cc1c[nH]cn1)NC(=O)[C@H](CCCNC(=N)N)NC(=O)[C@H](Cc1ccc(O)cc1)NC(=O)C(C)C)C(N)=O. The highest BCUT2D eigenvalue weighted by molar-refractivity contribution is 5.99. The lowest BCUT2D eigenvalue weighted by Gasteiger charge is -2.29. The van der Waals surface area contributed by atoms with Crippen LogP contribution in [-0.4, -0.2) is 178 Å². The number of rotatable bonds is 42. The zero-order valence-corrected chi connectivity index (χ0v) is 53.3. The van der Waals surface area contributed by atoms with Gasteiger partial charge < -0.3 is 102 Å². The smallest absolute Gasteiger partial charge is 0.245 e. The number of nitrogens with one attached hydrogen (secondary N) is 16. The fraction of sp³-hybridized carbons (Fsp3) is 0.621. The van der Waals surface area contributed by atoms with Gasteiger partial charge in [0, 0.05) is 44.6 Å². The van der Waals surface area contributed by atoms with E-state index in [0.717, 1.165) is 0 Å². The van der Waals surface area contributed by atoms with Gasteiger partial charge in [-0.05, 0) is 86.8 Å². The van der Waals surface area contributed by atoms with Crippen molar-refractivity contribution in [3.05, 3.63) is 48.0 Å². The third-order valence-electron chi connectivity index (χ3n) is 14.3. The monoisotopic (exact) mass is 1280 g/mol. The number of H-pyrrole nitrogens is 1. The van der Waals surface area contributed by atoms with Gasteiger partial charge in [0.15, 0.2) is 17.9 Å². The van der Waals surface area contributed by atoms with Gasteiger partial charge in [0.2, 0.25) is 59.1 Å². The summed E-state index contributed by atoms with van der Waals surface area (Å²) in [7, 11) is 0. The van der Waals surface area contributed by atoms with E-state index in [1.165, 1.54) is 24.7 Å². The fourth-order valence-electron chi connectivity index (χ4n) is 9.12. The number of hydrogen-bond donors (Lipinski definition) is 22. The largest absolute Gasteiger partial charge is 0.508 e. The van der Waals surface area contributed by atoms with Crippen LogP contribution in [0.2, 0.25) is 0 Å². The number of aliphatic hydroxyl groups excluding tert-OH is 1. The van der Waals surface area contributed by atoms with Crippen LogP contribution in [0.15, 0.2) is 36.8 Å². The summed E-state index contributed by atoms with van der Waals surface area (Å²) < 4.78 is 0. The average molecular weight is 1280 g/mol. The van der Waals surface area contributed by atoms with Crippen molar-refractivity contribution in [3.8, 4) is 5.75 Å². The Bertz CT molecular complexity index is 2730. The minimum atomic E-state index is -1.56. The van der Waals surface area contributed by atoms with Crippen LogP contribution in [-0.2, 0) is 60.8 Å². The molecule has 0 spiro atoms. The molecule has 2 rings (SSSR count). The molecule has 0 radical (unpaired) electrons. The number of aromatic nitrogens is 2. The third-order valence-corrected chi connectivity index (χ3v) is 14.3. The number of aromatic amines is 1. The van der Waals surface area contributed by atoms with Crippen LogP contribution in [0.5, 0.6) is 5.75 Å². The molecule has 10 amide bonds. The van der Waals surface area contributed by atoms with Crippen LogP contribution in [0, 0.1) is 39.9 Å². The number of hydrogen-bond acceptors (Lipinski definition) is 16. The standard InChI is InChI=1S/C58H99N21O12/c1-9-33(8)45(46(59)82)79-55(91)44(28-80)78-52(88)41(24-31(4)5)76-51(87)40(23-30(2)3)75-49(85)38(14-11-21-68-57(62)63)71-48(84)37(13-10-20-67-56(60)61)73-54(90)43(26-35-27-66-29-70-35)77-50(86)39(15-12-22-69-58(64)65)72-53(89)42(74-47(83)32(6)7)25-34-16-18-36(81)19-17-34/h16-19,27,29-33,37-45,80-81H,9-15,20-26,28H2,1-8H3,(H2,59,82)(H,66,70)(H,71,84)(H,72,89)(H,73,90)(H,74,83)(H,75,85)(H,76,87)(H,77,86)(H,78,88)(H,79,91)(H4,60,61,67)(H4,62,63,68)(H4,64,65,69)/t33-,37-,38-,39-,40-,41-,42-,43-,44-,45-/m0/s1. The molecule has 26 N–H and O–H groups in total. The first-order valence-electron chi connectivity index (χ1n) is 30.5. The van der Waals surface area contributed by atoms with Crippen molar-refractivity contribution in [2.45, 2.75) is 180 Å². The highest BCUT2D eigenvalue weighted by Crippen LogP contribution is 2.15. The van der Waals surface area contributed by atoms with Gasteiger partial charge in [-0.1, -0.05) is 73.9 Å². The molecule has 33 nitrogen and oxygen atoms in total. The van der Waals surface area contributed by atoms with Crippen molar-refractivity contribution in [2.24, 2.45) is 46.6 Å². The molecule has 1 aromatic carbocycles. The number of nitrogens with two attached hydrogens (primary N) is 4. The summed E-state index contributed by atoms with van der Waals surface area (Å²) in [4.78, 5) is 147. The van der Waals surface area contributed by atoms with E-state index in [1.807, 2.05) is 0 Å². The second kappa shape index (κ2) is 40.4. The molecular weight excluding hydrogens is 1180 g/mol. The molecular formula is C58H99N21O12. The number of phenols is 1. The highest BCUT2D eigenvalue weighted by Gasteiger charge is 2.36. The quantitative estimate of drug-likeness (QED) is 0.0173. The van der Waals surface area contributed by atoms with Crippen LogP contribution >= 0.6 is 0 Å². The zero-order valence-electron chi connectivity index (χ0n) is 53.3. The molecule has 0 saturated carbocycles. The molecule has 33 heteroatoms. The summed E-state index contributed by atoms with van der Waals surface area (Å²) in [6, 6.07) is -6.48. The minimum absolute atomic E-state index is 0.00576. The topological polar surface area (TPSA) is 560 Å². The maximum absolute atomic E-state index is 14.7. The number of guanidine groups is 3. The first kappa shape index (κ1) is 77.8. The number of aromatic hydroxyl groups is 1. The van der Waals surface area contributed by atoms with Crippen molar-refractivity contribution in [1.82, 2.24) is 73.8 Å². The predicted molar refractivity (Wildman–Crippen MR) is 338 cm³/mol. The van der Waals surface area contributed by atoms with Crippen molar-refractivity contribution >= 4 is 77.0 Å². The third kappa shape index (κ3) is 30.2. The molecule has 91 heavy (non-hydrogen) atoms. The Morgan fingerprint density at radius 1 is 0.495 bits per heavy atom. The van der Waals surface area contributed by atoms with E-state index in [0.29, 0.717) is 12.0 Å². The van der Waals surface area contributed by atoms with Gasteiger partial charge in [-0.15, -0.1) is 0 Å². The van der Waals surface area contributed by atoms with Crippen molar-refractivity contribution in [3.63, 3.8) is 0 Å². The molecule has 0 unspecified atom stereocenters. The number of carbonyl (C=O) groups is 10. The molecule has 2 aromatic rings. The van der Waals surface area contributed by atoms with Gasteiger partial charge in [0.1, 0.15) is 60.1 Å². The Balaban J connectivity index is 2.61. The number of imidazole rings is 1. The van der Waals surface area contributed by atoms with Gasteiger partial charge in [-0.2, -0.15) is 0 Å². The molecule has 1 aromatic heterocycles. The van der Waals surface area contributed by atoms with Gasteiger partial charge in [0.25, 0.3) is 0 Å². The molecule has 0 saturated heterocycles. The molecule has 10 atom stereocenters. The Morgan fingerprint density at radius 2 is 0.846 bits per heavy atom. The normalized spacial score (nSPS) is 14.4. The predicted octanol–water partition coefficient (Wildman–Crippen LogP) is -3.67. The second-order valence-electron chi connectivity index (χ2n) is 23.4. The Hall–Kier alpha value is -9.30. The van der Waals surface area contributed by atoms with Gasteiger partial charge in [0.05, 0.1) is 18.6 Å².